The van der Waals surface area contributed by atoms with Gasteiger partial charge in [0.25, 0.3) is 4.73 Å². The van der Waals surface area contributed by atoms with E-state index in [4.69, 9.17) is 18.9 Å². The zero-order chi connectivity index (χ0) is 20.3. The van der Waals surface area contributed by atoms with Gasteiger partial charge in [0.05, 0.1) is 0 Å². The van der Waals surface area contributed by atoms with Gasteiger partial charge in [0.15, 0.2) is 12.2 Å². The van der Waals surface area contributed by atoms with E-state index in [0.29, 0.717) is 0 Å². The maximum absolute atomic E-state index is 11.5. The van der Waals surface area contributed by atoms with Crippen molar-refractivity contribution in [3.8, 4) is 0 Å². The van der Waals surface area contributed by atoms with Crippen molar-refractivity contribution < 1.29 is 38.3 Å². The highest BCUT2D eigenvalue weighted by molar-refractivity contribution is 9.10. The van der Waals surface area contributed by atoms with Crippen LogP contribution < -0.4 is 0 Å². The standard InChI is InChI=1S/C13H15BrN4O9/c1-5(19)24-4-8-9(25-6(2)20)10(26-7(3)21)11(27-8)17-12(14)15-13(16-17)18(22)23/h8-11H,4H2,1-3H3/t8-,9+,10-,11+/m0/s1. The second-order valence-electron chi connectivity index (χ2n) is 5.40. The van der Waals surface area contributed by atoms with E-state index in [2.05, 4.69) is 26.0 Å². The van der Waals surface area contributed by atoms with Gasteiger partial charge in [-0.2, -0.15) is 0 Å². The van der Waals surface area contributed by atoms with Gasteiger partial charge in [-0.05, 0) is 9.91 Å². The number of carbonyl (C=O) groups is 3. The Kier molecular flexibility index (Phi) is 6.43. The molecule has 0 radical (unpaired) electrons. The quantitative estimate of drug-likeness (QED) is 0.253. The highest BCUT2D eigenvalue weighted by Crippen LogP contribution is 2.36. The first-order valence-corrected chi connectivity index (χ1v) is 8.29. The van der Waals surface area contributed by atoms with Crippen LogP contribution >= 0.6 is 15.9 Å². The summed E-state index contributed by atoms with van der Waals surface area (Å²) >= 11 is 3.01. The fourth-order valence-corrected chi connectivity index (χ4v) is 2.86. The number of esters is 3. The first-order chi connectivity index (χ1) is 12.6. The molecule has 2 rings (SSSR count). The summed E-state index contributed by atoms with van der Waals surface area (Å²) in [5, 5.41) is 14.6. The van der Waals surface area contributed by atoms with Crippen molar-refractivity contribution in [2.45, 2.75) is 45.3 Å². The van der Waals surface area contributed by atoms with Crippen LogP contribution in [-0.2, 0) is 33.3 Å². The van der Waals surface area contributed by atoms with Crippen molar-refractivity contribution in [3.05, 3.63) is 14.8 Å². The zero-order valence-corrected chi connectivity index (χ0v) is 15.9. The average molecular weight is 451 g/mol. The van der Waals surface area contributed by atoms with Crippen LogP contribution in [0.1, 0.15) is 27.0 Å². The number of ether oxygens (including phenoxy) is 4. The molecule has 13 nitrogen and oxygen atoms in total. The Morgan fingerprint density at radius 3 is 2.26 bits per heavy atom. The number of nitro groups is 1. The third-order valence-corrected chi connectivity index (χ3v) is 3.86. The topological polar surface area (TPSA) is 162 Å². The first-order valence-electron chi connectivity index (χ1n) is 7.49. The fourth-order valence-electron chi connectivity index (χ4n) is 2.42. The van der Waals surface area contributed by atoms with Gasteiger partial charge >= 0.3 is 23.9 Å². The van der Waals surface area contributed by atoms with Crippen molar-refractivity contribution in [1.29, 1.82) is 0 Å². The van der Waals surface area contributed by atoms with Gasteiger partial charge in [0.1, 0.15) is 12.7 Å². The van der Waals surface area contributed by atoms with Crippen LogP contribution in [0.2, 0.25) is 0 Å². The maximum Gasteiger partial charge on any atom is 0.492 e. The largest absolute Gasteiger partial charge is 0.492 e. The summed E-state index contributed by atoms with van der Waals surface area (Å²) in [5.74, 6) is -2.74. The summed E-state index contributed by atoms with van der Waals surface area (Å²) in [7, 11) is 0. The van der Waals surface area contributed by atoms with Gasteiger partial charge in [-0.25, -0.2) is 0 Å². The van der Waals surface area contributed by atoms with Gasteiger partial charge in [-0.15, -0.1) is 4.68 Å². The molecule has 0 saturated carbocycles. The lowest BCUT2D eigenvalue weighted by Crippen LogP contribution is -2.40. The van der Waals surface area contributed by atoms with E-state index in [1.807, 2.05) is 0 Å². The second-order valence-corrected chi connectivity index (χ2v) is 6.11. The van der Waals surface area contributed by atoms with E-state index in [9.17, 15) is 24.5 Å². The van der Waals surface area contributed by atoms with Crippen LogP contribution in [0.4, 0.5) is 5.95 Å². The Bertz CT molecular complexity index is 767. The number of hydrogen-bond acceptors (Lipinski definition) is 11. The average Bonchev–Trinajstić information content (AvgIpc) is 3.06. The summed E-state index contributed by atoms with van der Waals surface area (Å²) in [5.41, 5.74) is 0. The Labute approximate surface area is 160 Å². The molecule has 0 N–H and O–H groups in total. The molecule has 27 heavy (non-hydrogen) atoms. The predicted molar refractivity (Wildman–Crippen MR) is 86.0 cm³/mol. The number of carbonyl (C=O) groups excluding carboxylic acids is 3. The molecule has 0 amide bonds. The Balaban J connectivity index is 2.40. The van der Waals surface area contributed by atoms with Gasteiger partial charge in [-0.1, -0.05) is 0 Å². The summed E-state index contributed by atoms with van der Waals surface area (Å²) < 4.78 is 21.8. The Morgan fingerprint density at radius 2 is 1.78 bits per heavy atom. The summed E-state index contributed by atoms with van der Waals surface area (Å²) in [6.45, 7) is 3.13. The minimum absolute atomic E-state index is 0.0777. The maximum atomic E-state index is 11.5. The van der Waals surface area contributed by atoms with E-state index in [1.165, 1.54) is 6.92 Å². The molecule has 1 aliphatic rings. The van der Waals surface area contributed by atoms with Gasteiger partial charge in [0, 0.05) is 41.8 Å². The van der Waals surface area contributed by atoms with E-state index in [0.717, 1.165) is 18.5 Å². The van der Waals surface area contributed by atoms with Crippen LogP contribution in [0.25, 0.3) is 0 Å². The molecular formula is C13H15BrN4O9. The van der Waals surface area contributed by atoms with E-state index in [1.54, 1.807) is 0 Å². The third-order valence-electron chi connectivity index (χ3n) is 3.32. The molecule has 2 heterocycles. The molecule has 4 atom stereocenters. The normalized spacial score (nSPS) is 24.3. The minimum Gasteiger partial charge on any atom is -0.463 e. The number of aromatic nitrogens is 3. The Hall–Kier alpha value is -2.61. The molecule has 1 aromatic rings. The lowest BCUT2D eigenvalue weighted by molar-refractivity contribution is -0.394. The predicted octanol–water partition coefficient (Wildman–Crippen LogP) is 0.273. The van der Waals surface area contributed by atoms with Crippen LogP contribution in [0.15, 0.2) is 4.73 Å². The molecule has 148 valence electrons. The number of halogens is 1. The van der Waals surface area contributed by atoms with Crippen molar-refractivity contribution >= 4 is 39.8 Å². The smallest absolute Gasteiger partial charge is 0.463 e. The summed E-state index contributed by atoms with van der Waals surface area (Å²) in [6.07, 6.45) is -4.60. The lowest BCUT2D eigenvalue weighted by atomic mass is 10.1. The van der Waals surface area contributed by atoms with Gasteiger partial charge in [-0.3, -0.25) is 14.4 Å². The number of rotatable bonds is 6. The lowest BCUT2D eigenvalue weighted by Gasteiger charge is -2.22. The van der Waals surface area contributed by atoms with Crippen molar-refractivity contribution in [2.24, 2.45) is 0 Å². The molecule has 0 bridgehead atoms. The van der Waals surface area contributed by atoms with Crippen LogP contribution in [0.3, 0.4) is 0 Å². The molecule has 1 aromatic heterocycles. The zero-order valence-electron chi connectivity index (χ0n) is 14.4. The van der Waals surface area contributed by atoms with E-state index >= 15 is 0 Å². The molecule has 0 aliphatic carbocycles. The molecule has 0 aromatic carbocycles. The van der Waals surface area contributed by atoms with Crippen LogP contribution in [0.5, 0.6) is 0 Å². The van der Waals surface area contributed by atoms with Crippen molar-refractivity contribution in [1.82, 2.24) is 14.8 Å². The van der Waals surface area contributed by atoms with Crippen LogP contribution in [-0.4, -0.2) is 62.5 Å². The molecule has 1 aliphatic heterocycles. The number of hydrogen-bond donors (Lipinski definition) is 0. The third kappa shape index (κ3) is 4.97. The molecule has 0 unspecified atom stereocenters. The molecule has 0 spiro atoms. The summed E-state index contributed by atoms with van der Waals surface area (Å²) in [6, 6.07) is 0. The second kappa shape index (κ2) is 8.39. The highest BCUT2D eigenvalue weighted by Gasteiger charge is 2.52. The van der Waals surface area contributed by atoms with E-state index < -0.39 is 53.3 Å². The monoisotopic (exact) mass is 450 g/mol. The SMILES string of the molecule is CC(=O)OC[C@@H]1O[C@@H](n2nc([N+](=O)[O-])nc2Br)[C@@H](OC(C)=O)[C@@H]1OC(C)=O. The Morgan fingerprint density at radius 1 is 1.19 bits per heavy atom. The number of nitrogens with zero attached hydrogens (tertiary/aromatic N) is 4. The molecule has 1 fully saturated rings. The highest BCUT2D eigenvalue weighted by atomic mass is 79.9. The molecule has 14 heteroatoms. The fraction of sp³-hybridized carbons (Fsp3) is 0.615. The summed E-state index contributed by atoms with van der Waals surface area (Å²) in [4.78, 5) is 47.7. The van der Waals surface area contributed by atoms with E-state index in [-0.39, 0.29) is 11.3 Å². The van der Waals surface area contributed by atoms with Crippen LogP contribution in [0, 0.1) is 10.1 Å². The minimum atomic E-state index is -1.23. The first kappa shape index (κ1) is 20.7. The molecule has 1 saturated heterocycles. The van der Waals surface area contributed by atoms with Gasteiger partial charge < -0.3 is 29.1 Å². The van der Waals surface area contributed by atoms with Crippen molar-refractivity contribution in [3.63, 3.8) is 0 Å². The van der Waals surface area contributed by atoms with Crippen molar-refractivity contribution in [2.75, 3.05) is 6.61 Å². The molecular weight excluding hydrogens is 436 g/mol. The van der Waals surface area contributed by atoms with Gasteiger partial charge in [0.2, 0.25) is 6.23 Å².